The third kappa shape index (κ3) is 2.78. The van der Waals surface area contributed by atoms with E-state index in [0.717, 1.165) is 37.8 Å². The van der Waals surface area contributed by atoms with E-state index in [2.05, 4.69) is 15.6 Å². The van der Waals surface area contributed by atoms with Crippen LogP contribution in [0.5, 0.6) is 0 Å². The van der Waals surface area contributed by atoms with E-state index in [9.17, 15) is 22.8 Å². The molecular formula is C16H14F3N3O3. The number of rotatable bonds is 3. The van der Waals surface area contributed by atoms with E-state index < -0.39 is 23.4 Å². The van der Waals surface area contributed by atoms with E-state index in [-0.39, 0.29) is 28.7 Å². The topological polar surface area (TPSA) is 84.2 Å². The van der Waals surface area contributed by atoms with Crippen molar-refractivity contribution in [1.29, 1.82) is 0 Å². The van der Waals surface area contributed by atoms with Crippen molar-refractivity contribution < 1.29 is 27.2 Å². The van der Waals surface area contributed by atoms with Crippen LogP contribution in [0.15, 0.2) is 22.9 Å². The van der Waals surface area contributed by atoms with Crippen LogP contribution in [-0.4, -0.2) is 41.0 Å². The van der Waals surface area contributed by atoms with E-state index in [4.69, 9.17) is 4.42 Å². The maximum absolute atomic E-state index is 12.7. The van der Waals surface area contributed by atoms with Crippen molar-refractivity contribution in [3.8, 4) is 0 Å². The van der Waals surface area contributed by atoms with Gasteiger partial charge in [-0.15, -0.1) is 0 Å². The molecule has 1 amide bonds. The number of fused-ring (bicyclic) bond motifs is 3. The molecule has 2 aromatic rings. The van der Waals surface area contributed by atoms with Gasteiger partial charge in [-0.05, 0) is 25.3 Å². The summed E-state index contributed by atoms with van der Waals surface area (Å²) in [6, 6.07) is 1.75. The van der Waals surface area contributed by atoms with Crippen molar-refractivity contribution in [2.75, 3.05) is 0 Å². The summed E-state index contributed by atoms with van der Waals surface area (Å²) in [7, 11) is 0. The second-order valence-electron chi connectivity index (χ2n) is 6.41. The van der Waals surface area contributed by atoms with Gasteiger partial charge in [0.15, 0.2) is 5.58 Å². The van der Waals surface area contributed by atoms with Gasteiger partial charge in [0, 0.05) is 23.5 Å². The van der Waals surface area contributed by atoms with Gasteiger partial charge in [0.2, 0.25) is 0 Å². The largest absolute Gasteiger partial charge is 0.462 e. The SMILES string of the molecule is O=C(N[C@@H]1C[C@H]2CC[C@@H]1N2)c1cc2c(C(=O)C(F)(F)F)coc2cn1. The van der Waals surface area contributed by atoms with Crippen LogP contribution in [0, 0.1) is 0 Å². The predicted octanol–water partition coefficient (Wildman–Crippen LogP) is 2.20. The molecule has 0 unspecified atom stereocenters. The van der Waals surface area contributed by atoms with Crippen LogP contribution in [-0.2, 0) is 0 Å². The third-order valence-corrected chi connectivity index (χ3v) is 4.81. The smallest absolute Gasteiger partial charge is 0.455 e. The summed E-state index contributed by atoms with van der Waals surface area (Å²) in [5, 5.41) is 6.17. The van der Waals surface area contributed by atoms with Gasteiger partial charge in [0.25, 0.3) is 11.7 Å². The Labute approximate surface area is 139 Å². The van der Waals surface area contributed by atoms with Gasteiger partial charge < -0.3 is 15.1 Å². The number of Topliss-reactive ketones (excluding diaryl/α,β-unsaturated/α-hetero) is 1. The van der Waals surface area contributed by atoms with Crippen molar-refractivity contribution in [3.63, 3.8) is 0 Å². The van der Waals surface area contributed by atoms with Crippen molar-refractivity contribution >= 4 is 22.7 Å². The van der Waals surface area contributed by atoms with E-state index in [1.165, 1.54) is 0 Å². The Morgan fingerprint density at radius 1 is 1.32 bits per heavy atom. The number of furan rings is 1. The average molecular weight is 353 g/mol. The zero-order valence-corrected chi connectivity index (χ0v) is 12.9. The van der Waals surface area contributed by atoms with Gasteiger partial charge >= 0.3 is 6.18 Å². The number of pyridine rings is 1. The quantitative estimate of drug-likeness (QED) is 0.827. The third-order valence-electron chi connectivity index (χ3n) is 4.81. The fraction of sp³-hybridized carbons (Fsp3) is 0.438. The van der Waals surface area contributed by atoms with Crippen molar-refractivity contribution in [3.05, 3.63) is 29.8 Å². The molecule has 2 N–H and O–H groups in total. The standard InChI is InChI=1S/C16H14F3N3O3/c17-16(18,19)14(23)9-6-25-13-5-20-12(4-8(9)13)15(24)22-11-3-7-1-2-10(11)21-7/h4-7,10-11,21H,1-3H2,(H,22,24)/t7-,10+,11-/m1/s1. The molecule has 2 bridgehead atoms. The Morgan fingerprint density at radius 3 is 2.76 bits per heavy atom. The molecule has 0 spiro atoms. The van der Waals surface area contributed by atoms with Crippen LogP contribution in [0.1, 0.15) is 40.1 Å². The molecule has 2 aliphatic heterocycles. The van der Waals surface area contributed by atoms with Gasteiger partial charge in [0.1, 0.15) is 12.0 Å². The lowest BCUT2D eigenvalue weighted by molar-refractivity contribution is -0.0884. The molecule has 132 valence electrons. The minimum Gasteiger partial charge on any atom is -0.462 e. The maximum Gasteiger partial charge on any atom is 0.455 e. The lowest BCUT2D eigenvalue weighted by Crippen LogP contribution is -2.43. The van der Waals surface area contributed by atoms with Gasteiger partial charge in [-0.1, -0.05) is 0 Å². The van der Waals surface area contributed by atoms with Crippen LogP contribution < -0.4 is 10.6 Å². The summed E-state index contributed by atoms with van der Waals surface area (Å²) < 4.78 is 42.9. The molecule has 0 aromatic carbocycles. The predicted molar refractivity (Wildman–Crippen MR) is 80.2 cm³/mol. The Morgan fingerprint density at radius 2 is 2.12 bits per heavy atom. The Hall–Kier alpha value is -2.42. The summed E-state index contributed by atoms with van der Waals surface area (Å²) in [4.78, 5) is 27.8. The van der Waals surface area contributed by atoms with Crippen molar-refractivity contribution in [2.24, 2.45) is 0 Å². The highest BCUT2D eigenvalue weighted by molar-refractivity contribution is 6.10. The number of carbonyl (C=O) groups is 2. The van der Waals surface area contributed by atoms with Gasteiger partial charge in [-0.3, -0.25) is 9.59 Å². The molecule has 3 atom stereocenters. The molecule has 0 radical (unpaired) electrons. The maximum atomic E-state index is 12.7. The number of hydrogen-bond donors (Lipinski definition) is 2. The molecule has 4 heterocycles. The van der Waals surface area contributed by atoms with E-state index in [1.807, 2.05) is 0 Å². The number of carbonyl (C=O) groups excluding carboxylic acids is 2. The van der Waals surface area contributed by atoms with Gasteiger partial charge in [0.05, 0.1) is 11.8 Å². The first-order valence-corrected chi connectivity index (χ1v) is 7.88. The number of alkyl halides is 3. The average Bonchev–Trinajstić information content (AvgIpc) is 3.27. The molecule has 0 saturated carbocycles. The van der Waals surface area contributed by atoms with Crippen LogP contribution in [0.4, 0.5) is 13.2 Å². The minimum atomic E-state index is -5.02. The van der Waals surface area contributed by atoms with Gasteiger partial charge in [-0.25, -0.2) is 4.98 Å². The summed E-state index contributed by atoms with van der Waals surface area (Å²) in [6.07, 6.45) is -0.243. The van der Waals surface area contributed by atoms with Crippen LogP contribution in [0.25, 0.3) is 11.0 Å². The first kappa shape index (κ1) is 16.1. The molecule has 2 saturated heterocycles. The second-order valence-corrected chi connectivity index (χ2v) is 6.41. The fourth-order valence-electron chi connectivity index (χ4n) is 3.61. The summed E-state index contributed by atoms with van der Waals surface area (Å²) in [5.74, 6) is -2.49. The Bertz CT molecular complexity index is 861. The highest BCUT2D eigenvalue weighted by atomic mass is 19.4. The number of nitrogens with one attached hydrogen (secondary N) is 2. The second kappa shape index (κ2) is 5.55. The van der Waals surface area contributed by atoms with Gasteiger partial charge in [-0.2, -0.15) is 13.2 Å². The summed E-state index contributed by atoms with van der Waals surface area (Å²) >= 11 is 0. The normalized spacial score (nSPS) is 25.5. The van der Waals surface area contributed by atoms with Crippen LogP contribution >= 0.6 is 0 Å². The summed E-state index contributed by atoms with van der Waals surface area (Å²) in [5.41, 5.74) is -0.654. The van der Waals surface area contributed by atoms with E-state index in [1.54, 1.807) is 0 Å². The molecule has 0 aliphatic carbocycles. The minimum absolute atomic E-state index is 0.0192. The molecule has 4 rings (SSSR count). The zero-order valence-electron chi connectivity index (χ0n) is 12.9. The van der Waals surface area contributed by atoms with Crippen molar-refractivity contribution in [2.45, 2.75) is 43.6 Å². The number of hydrogen-bond acceptors (Lipinski definition) is 5. The molecule has 6 nitrogen and oxygen atoms in total. The lowest BCUT2D eigenvalue weighted by Gasteiger charge is -2.21. The van der Waals surface area contributed by atoms with Crippen molar-refractivity contribution in [1.82, 2.24) is 15.6 Å². The molecule has 2 fully saturated rings. The summed E-state index contributed by atoms with van der Waals surface area (Å²) in [6.45, 7) is 0. The number of amides is 1. The molecule has 2 aliphatic rings. The fourth-order valence-corrected chi connectivity index (χ4v) is 3.61. The molecular weight excluding hydrogens is 339 g/mol. The number of ketones is 1. The molecule has 9 heteroatoms. The molecule has 25 heavy (non-hydrogen) atoms. The number of halogens is 3. The number of aromatic nitrogens is 1. The highest BCUT2D eigenvalue weighted by Gasteiger charge is 2.42. The van der Waals surface area contributed by atoms with E-state index >= 15 is 0 Å². The lowest BCUT2D eigenvalue weighted by atomic mass is 9.95. The van der Waals surface area contributed by atoms with Crippen LogP contribution in [0.2, 0.25) is 0 Å². The number of nitrogens with zero attached hydrogens (tertiary/aromatic N) is 1. The Kier molecular flexibility index (Phi) is 3.57. The first-order chi connectivity index (χ1) is 11.8. The Balaban J connectivity index is 1.60. The zero-order chi connectivity index (χ0) is 17.8. The first-order valence-electron chi connectivity index (χ1n) is 7.88. The molecule has 2 aromatic heterocycles. The monoisotopic (exact) mass is 353 g/mol. The van der Waals surface area contributed by atoms with E-state index in [0.29, 0.717) is 6.04 Å². The highest BCUT2D eigenvalue weighted by Crippen LogP contribution is 2.30. The van der Waals surface area contributed by atoms with Crippen LogP contribution in [0.3, 0.4) is 0 Å².